The Balaban J connectivity index is 1.63. The first-order valence-electron chi connectivity index (χ1n) is 8.33. The van der Waals surface area contributed by atoms with Crippen LogP contribution < -0.4 is 5.32 Å². The van der Waals surface area contributed by atoms with Crippen molar-refractivity contribution in [1.29, 1.82) is 0 Å². The molecule has 25 heavy (non-hydrogen) atoms. The number of carbonyl (C=O) groups is 2. The molecule has 1 aliphatic heterocycles. The molecule has 1 aliphatic rings. The minimum Gasteiger partial charge on any atom is -0.344 e. The third-order valence-electron chi connectivity index (χ3n) is 4.52. The normalized spacial score (nSPS) is 17.2. The molecule has 3 aromatic rings. The molecule has 1 fully saturated rings. The molecular weight excluding hydrogens is 332 g/mol. The summed E-state index contributed by atoms with van der Waals surface area (Å²) in [6.45, 7) is 0.847. The molecule has 0 bridgehead atoms. The number of carbonyl (C=O) groups excluding carboxylic acids is 2. The van der Waals surface area contributed by atoms with Crippen molar-refractivity contribution in [2.24, 2.45) is 0 Å². The lowest BCUT2D eigenvalue weighted by Gasteiger charge is -2.12. The van der Waals surface area contributed by atoms with Gasteiger partial charge in [0.25, 0.3) is 5.24 Å². The van der Waals surface area contributed by atoms with Gasteiger partial charge in [-0.25, -0.2) is 0 Å². The van der Waals surface area contributed by atoms with E-state index in [1.165, 1.54) is 16.5 Å². The van der Waals surface area contributed by atoms with Gasteiger partial charge in [-0.2, -0.15) is 0 Å². The molecule has 2 heterocycles. The average molecular weight is 350 g/mol. The Bertz CT molecular complexity index is 933. The van der Waals surface area contributed by atoms with Crippen molar-refractivity contribution in [3.63, 3.8) is 0 Å². The topological polar surface area (TPSA) is 51.1 Å². The van der Waals surface area contributed by atoms with Gasteiger partial charge in [-0.05, 0) is 29.5 Å². The number of aryl methyl sites for hydroxylation is 2. The number of para-hydroxylation sites is 1. The van der Waals surface area contributed by atoms with E-state index in [4.69, 9.17) is 0 Å². The van der Waals surface area contributed by atoms with Crippen molar-refractivity contribution in [3.8, 4) is 0 Å². The van der Waals surface area contributed by atoms with Crippen molar-refractivity contribution in [1.82, 2.24) is 9.88 Å². The minimum atomic E-state index is -0.340. The number of benzene rings is 2. The van der Waals surface area contributed by atoms with E-state index in [0.29, 0.717) is 6.42 Å². The number of thioether (sulfide) groups is 1. The first kappa shape index (κ1) is 16.0. The highest BCUT2D eigenvalue weighted by Crippen LogP contribution is 2.27. The number of rotatable bonds is 5. The number of fused-ring (bicyclic) bond motifs is 1. The van der Waals surface area contributed by atoms with Crippen LogP contribution in [0, 0.1) is 0 Å². The van der Waals surface area contributed by atoms with Crippen LogP contribution in [0.1, 0.15) is 11.3 Å². The van der Waals surface area contributed by atoms with Gasteiger partial charge in [0.1, 0.15) is 0 Å². The zero-order chi connectivity index (χ0) is 17.2. The van der Waals surface area contributed by atoms with E-state index in [0.717, 1.165) is 30.4 Å². The van der Waals surface area contributed by atoms with Crippen LogP contribution in [-0.2, 0) is 24.2 Å². The molecule has 2 amide bonds. The van der Waals surface area contributed by atoms with Gasteiger partial charge >= 0.3 is 0 Å². The lowest BCUT2D eigenvalue weighted by molar-refractivity contribution is -0.118. The Kier molecular flexibility index (Phi) is 4.32. The molecule has 2 aromatic carbocycles. The quantitative estimate of drug-likeness (QED) is 0.762. The van der Waals surface area contributed by atoms with Gasteiger partial charge in [0, 0.05) is 24.2 Å². The van der Waals surface area contributed by atoms with E-state index >= 15 is 0 Å². The molecule has 0 radical (unpaired) electrons. The molecule has 1 aromatic heterocycles. The van der Waals surface area contributed by atoms with E-state index in [9.17, 15) is 9.59 Å². The number of hydrogen-bond donors (Lipinski definition) is 1. The zero-order valence-corrected chi connectivity index (χ0v) is 14.5. The van der Waals surface area contributed by atoms with E-state index in [1.807, 2.05) is 18.2 Å². The average Bonchev–Trinajstić information content (AvgIpc) is 3.13. The molecule has 0 saturated carbocycles. The fourth-order valence-corrected chi connectivity index (χ4v) is 4.14. The number of amides is 2. The van der Waals surface area contributed by atoms with Gasteiger partial charge in [-0.1, -0.05) is 60.3 Å². The summed E-state index contributed by atoms with van der Waals surface area (Å²) >= 11 is 1.09. The van der Waals surface area contributed by atoms with Gasteiger partial charge in [0.2, 0.25) is 5.91 Å². The van der Waals surface area contributed by atoms with Crippen molar-refractivity contribution < 1.29 is 9.59 Å². The van der Waals surface area contributed by atoms with E-state index in [1.54, 1.807) is 0 Å². The fourth-order valence-electron chi connectivity index (χ4n) is 3.30. The summed E-state index contributed by atoms with van der Waals surface area (Å²) < 4.78 is 2.28. The van der Waals surface area contributed by atoms with Gasteiger partial charge in [-0.15, -0.1) is 0 Å². The summed E-state index contributed by atoms with van der Waals surface area (Å²) in [7, 11) is 0. The third-order valence-corrected chi connectivity index (χ3v) is 5.51. The zero-order valence-electron chi connectivity index (χ0n) is 13.6. The van der Waals surface area contributed by atoms with Gasteiger partial charge < -0.3 is 4.57 Å². The van der Waals surface area contributed by atoms with Crippen LogP contribution in [0.2, 0.25) is 0 Å². The van der Waals surface area contributed by atoms with Crippen molar-refractivity contribution in [3.05, 3.63) is 71.9 Å². The first-order chi connectivity index (χ1) is 12.2. The highest BCUT2D eigenvalue weighted by Gasteiger charge is 2.32. The second kappa shape index (κ2) is 6.76. The first-order valence-corrected chi connectivity index (χ1v) is 9.21. The maximum Gasteiger partial charge on any atom is 0.286 e. The number of imide groups is 1. The van der Waals surface area contributed by atoms with Crippen LogP contribution in [0.15, 0.2) is 60.7 Å². The molecule has 0 aliphatic carbocycles. The largest absolute Gasteiger partial charge is 0.344 e. The molecular formula is C20H18N2O2S. The van der Waals surface area contributed by atoms with E-state index in [-0.39, 0.29) is 16.4 Å². The molecule has 1 N–H and O–H groups in total. The molecule has 1 atom stereocenters. The SMILES string of the molecule is O=C1NC(=O)C(Cc2cc3ccccc3n2CCc2ccccc2)S1. The van der Waals surface area contributed by atoms with E-state index < -0.39 is 0 Å². The Labute approximate surface area is 150 Å². The fraction of sp³-hybridized carbons (Fsp3) is 0.200. The predicted octanol–water partition coefficient (Wildman–Crippen LogP) is 3.78. The van der Waals surface area contributed by atoms with Gasteiger partial charge in [0.15, 0.2) is 0 Å². The Hall–Kier alpha value is -2.53. The lowest BCUT2D eigenvalue weighted by atomic mass is 10.1. The number of aromatic nitrogens is 1. The van der Waals surface area contributed by atoms with Crippen LogP contribution in [0.5, 0.6) is 0 Å². The summed E-state index contributed by atoms with van der Waals surface area (Å²) in [6, 6.07) is 20.8. The van der Waals surface area contributed by atoms with Crippen LogP contribution in [-0.4, -0.2) is 21.0 Å². The molecule has 1 saturated heterocycles. The summed E-state index contributed by atoms with van der Waals surface area (Å²) in [4.78, 5) is 23.4. The van der Waals surface area contributed by atoms with E-state index in [2.05, 4.69) is 52.3 Å². The number of hydrogen-bond acceptors (Lipinski definition) is 3. The van der Waals surface area contributed by atoms with Crippen molar-refractivity contribution in [2.45, 2.75) is 24.6 Å². The Morgan fingerprint density at radius 2 is 1.76 bits per heavy atom. The highest BCUT2D eigenvalue weighted by molar-refractivity contribution is 8.15. The van der Waals surface area contributed by atoms with Crippen molar-refractivity contribution >= 4 is 33.8 Å². The summed E-state index contributed by atoms with van der Waals surface area (Å²) in [5.74, 6) is -0.185. The maximum atomic E-state index is 11.9. The van der Waals surface area contributed by atoms with Crippen LogP contribution in [0.4, 0.5) is 4.79 Å². The maximum absolute atomic E-state index is 11.9. The summed E-state index contributed by atoms with van der Waals surface area (Å²) in [6.07, 6.45) is 1.49. The molecule has 1 unspecified atom stereocenters. The highest BCUT2D eigenvalue weighted by atomic mass is 32.2. The second-order valence-electron chi connectivity index (χ2n) is 6.17. The third kappa shape index (κ3) is 3.33. The van der Waals surface area contributed by atoms with Crippen LogP contribution in [0.3, 0.4) is 0 Å². The molecule has 5 heteroatoms. The minimum absolute atomic E-state index is 0.185. The predicted molar refractivity (Wildman–Crippen MR) is 101 cm³/mol. The monoisotopic (exact) mass is 350 g/mol. The number of nitrogens with zero attached hydrogens (tertiary/aromatic N) is 1. The van der Waals surface area contributed by atoms with Gasteiger partial charge in [0.05, 0.1) is 5.25 Å². The Morgan fingerprint density at radius 1 is 1.00 bits per heavy atom. The number of nitrogens with one attached hydrogen (secondary N) is 1. The molecule has 0 spiro atoms. The smallest absolute Gasteiger partial charge is 0.286 e. The Morgan fingerprint density at radius 3 is 2.52 bits per heavy atom. The second-order valence-corrected chi connectivity index (χ2v) is 7.34. The van der Waals surface area contributed by atoms with Crippen molar-refractivity contribution in [2.75, 3.05) is 0 Å². The standard InChI is InChI=1S/C20H18N2O2S/c23-19-18(25-20(24)21-19)13-16-12-15-8-4-5-9-17(15)22(16)11-10-14-6-2-1-3-7-14/h1-9,12,18H,10-11,13H2,(H,21,23,24). The van der Waals surface area contributed by atoms with Crippen LogP contribution in [0.25, 0.3) is 10.9 Å². The summed E-state index contributed by atoms with van der Waals surface area (Å²) in [5, 5.41) is 2.95. The lowest BCUT2D eigenvalue weighted by Crippen LogP contribution is -2.26. The molecule has 4 rings (SSSR count). The summed E-state index contributed by atoms with van der Waals surface area (Å²) in [5.41, 5.74) is 3.55. The van der Waals surface area contributed by atoms with Crippen LogP contribution >= 0.6 is 11.8 Å². The molecule has 126 valence electrons. The molecule has 4 nitrogen and oxygen atoms in total. The van der Waals surface area contributed by atoms with Gasteiger partial charge in [-0.3, -0.25) is 14.9 Å².